The predicted octanol–water partition coefficient (Wildman–Crippen LogP) is 4.09. The smallest absolute Gasteiger partial charge is 0.272 e. The van der Waals surface area contributed by atoms with E-state index < -0.39 is 0 Å². The second-order valence-corrected chi connectivity index (χ2v) is 8.77. The first-order valence-corrected chi connectivity index (χ1v) is 12.2. The van der Waals surface area contributed by atoms with Crippen molar-refractivity contribution in [3.8, 4) is 17.1 Å². The van der Waals surface area contributed by atoms with Crippen LogP contribution in [-0.4, -0.2) is 64.1 Å². The summed E-state index contributed by atoms with van der Waals surface area (Å²) in [4.78, 5) is 30.1. The maximum absolute atomic E-state index is 13.6. The molecule has 1 aliphatic heterocycles. The number of aryl methyl sites for hydroxylation is 1. The number of nitrogens with zero attached hydrogens (tertiary/aromatic N) is 4. The monoisotopic (exact) mass is 483 g/mol. The lowest BCUT2D eigenvalue weighted by molar-refractivity contribution is -0.117. The number of hydrogen-bond acceptors (Lipinski definition) is 5. The second-order valence-electron chi connectivity index (χ2n) is 8.77. The van der Waals surface area contributed by atoms with Crippen LogP contribution in [0.2, 0.25) is 0 Å². The number of amides is 2. The minimum atomic E-state index is -0.0925. The maximum Gasteiger partial charge on any atom is 0.272 e. The van der Waals surface area contributed by atoms with Crippen LogP contribution in [0.4, 0.5) is 5.69 Å². The Labute approximate surface area is 210 Å². The lowest BCUT2D eigenvalue weighted by atomic mass is 10.1. The first-order valence-electron chi connectivity index (χ1n) is 12.2. The number of aromatic nitrogens is 2. The van der Waals surface area contributed by atoms with Gasteiger partial charge in [0, 0.05) is 37.9 Å². The number of anilines is 1. The topological polar surface area (TPSA) is 83.6 Å². The quantitative estimate of drug-likeness (QED) is 0.428. The average Bonchev–Trinajstić information content (AvgIpc) is 3.60. The Balaban J connectivity index is 1.25. The summed E-state index contributed by atoms with van der Waals surface area (Å²) in [5.74, 6) is 0.477. The molecule has 1 N–H and O–H groups in total. The van der Waals surface area contributed by atoms with Crippen LogP contribution in [0.3, 0.4) is 0 Å². The third kappa shape index (κ3) is 5.08. The summed E-state index contributed by atoms with van der Waals surface area (Å²) in [7, 11) is 0. The standard InChI is InChI=1S/C28H29N5O3/c1-2-21-9-6-7-12-23(21)29-27(34)20-31-14-16-32(17-15-31)28(35)25-19-24(26-13-8-18-36-26)30-33(25)22-10-4-3-5-11-22/h3-13,18-19H,2,14-17,20H2,1H3,(H,29,34). The number of hydrogen-bond donors (Lipinski definition) is 1. The molecule has 2 aromatic heterocycles. The fourth-order valence-corrected chi connectivity index (χ4v) is 4.46. The maximum atomic E-state index is 13.6. The lowest BCUT2D eigenvalue weighted by Gasteiger charge is -2.34. The molecule has 0 bridgehead atoms. The van der Waals surface area contributed by atoms with Crippen LogP contribution >= 0.6 is 0 Å². The van der Waals surface area contributed by atoms with Crippen molar-refractivity contribution < 1.29 is 14.0 Å². The van der Waals surface area contributed by atoms with Crippen molar-refractivity contribution in [2.45, 2.75) is 13.3 Å². The molecule has 3 heterocycles. The molecule has 0 aliphatic carbocycles. The van der Waals surface area contributed by atoms with Crippen LogP contribution in [0.1, 0.15) is 23.0 Å². The van der Waals surface area contributed by atoms with E-state index in [0.717, 1.165) is 23.4 Å². The molecule has 1 fully saturated rings. The SMILES string of the molecule is CCc1ccccc1NC(=O)CN1CCN(C(=O)c2cc(-c3ccco3)nn2-c2ccccc2)CC1. The third-order valence-corrected chi connectivity index (χ3v) is 6.40. The number of benzene rings is 2. The summed E-state index contributed by atoms with van der Waals surface area (Å²) in [5, 5.41) is 7.69. The van der Waals surface area contributed by atoms with Crippen molar-refractivity contribution >= 4 is 17.5 Å². The first kappa shape index (κ1) is 23.6. The van der Waals surface area contributed by atoms with Crippen LogP contribution in [0.5, 0.6) is 0 Å². The molecule has 1 saturated heterocycles. The summed E-state index contributed by atoms with van der Waals surface area (Å²) in [5.41, 5.74) is 3.87. The van der Waals surface area contributed by atoms with Crippen LogP contribution < -0.4 is 5.32 Å². The third-order valence-electron chi connectivity index (χ3n) is 6.40. The van der Waals surface area contributed by atoms with Crippen molar-refractivity contribution in [1.82, 2.24) is 19.6 Å². The van der Waals surface area contributed by atoms with Crippen molar-refractivity contribution in [2.75, 3.05) is 38.0 Å². The van der Waals surface area contributed by atoms with Gasteiger partial charge in [-0.15, -0.1) is 0 Å². The zero-order valence-electron chi connectivity index (χ0n) is 20.3. The van der Waals surface area contributed by atoms with Gasteiger partial charge in [-0.05, 0) is 42.3 Å². The van der Waals surface area contributed by atoms with Gasteiger partial charge in [-0.3, -0.25) is 14.5 Å². The van der Waals surface area contributed by atoms with Crippen molar-refractivity contribution in [3.63, 3.8) is 0 Å². The highest BCUT2D eigenvalue weighted by molar-refractivity contribution is 5.95. The van der Waals surface area contributed by atoms with Gasteiger partial charge in [-0.25, -0.2) is 4.68 Å². The predicted molar refractivity (Wildman–Crippen MR) is 138 cm³/mol. The molecule has 8 heteroatoms. The van der Waals surface area contributed by atoms with Gasteiger partial charge >= 0.3 is 0 Å². The molecule has 0 radical (unpaired) electrons. The molecular weight excluding hydrogens is 454 g/mol. The van der Waals surface area contributed by atoms with E-state index in [1.165, 1.54) is 0 Å². The second kappa shape index (κ2) is 10.6. The molecular formula is C28H29N5O3. The number of rotatable bonds is 7. The molecule has 0 atom stereocenters. The fourth-order valence-electron chi connectivity index (χ4n) is 4.46. The van der Waals surface area contributed by atoms with Gasteiger partial charge in [-0.1, -0.05) is 43.3 Å². The number of carbonyl (C=O) groups is 2. The number of para-hydroxylation sites is 2. The zero-order valence-corrected chi connectivity index (χ0v) is 20.3. The summed E-state index contributed by atoms with van der Waals surface area (Å²) in [6.45, 7) is 4.69. The van der Waals surface area contributed by atoms with E-state index in [1.54, 1.807) is 23.1 Å². The molecule has 0 spiro atoms. The summed E-state index contributed by atoms with van der Waals surface area (Å²) in [6.07, 6.45) is 2.45. The highest BCUT2D eigenvalue weighted by Gasteiger charge is 2.27. The van der Waals surface area contributed by atoms with E-state index in [-0.39, 0.29) is 11.8 Å². The van der Waals surface area contributed by atoms with Gasteiger partial charge in [-0.2, -0.15) is 5.10 Å². The largest absolute Gasteiger partial charge is 0.463 e. The van der Waals surface area contributed by atoms with Gasteiger partial charge in [0.25, 0.3) is 5.91 Å². The fraction of sp³-hybridized carbons (Fsp3) is 0.250. The van der Waals surface area contributed by atoms with Gasteiger partial charge in [0.05, 0.1) is 18.5 Å². The molecule has 0 unspecified atom stereocenters. The van der Waals surface area contributed by atoms with Crippen molar-refractivity contribution in [1.29, 1.82) is 0 Å². The molecule has 0 saturated carbocycles. The van der Waals surface area contributed by atoms with Gasteiger partial charge in [0.1, 0.15) is 11.4 Å². The molecule has 1 aliphatic rings. The van der Waals surface area contributed by atoms with Crippen LogP contribution in [0, 0.1) is 0 Å². The minimum Gasteiger partial charge on any atom is -0.463 e. The highest BCUT2D eigenvalue weighted by Crippen LogP contribution is 2.23. The number of piperazine rings is 1. The van der Waals surface area contributed by atoms with E-state index in [1.807, 2.05) is 65.6 Å². The first-order chi connectivity index (χ1) is 17.6. The molecule has 2 amide bonds. The van der Waals surface area contributed by atoms with Crippen LogP contribution in [0.25, 0.3) is 17.1 Å². The average molecular weight is 484 g/mol. The summed E-state index contributed by atoms with van der Waals surface area (Å²) >= 11 is 0. The summed E-state index contributed by atoms with van der Waals surface area (Å²) < 4.78 is 7.18. The Morgan fingerprint density at radius 2 is 1.69 bits per heavy atom. The Bertz CT molecular complexity index is 1320. The van der Waals surface area contributed by atoms with Crippen LogP contribution in [0.15, 0.2) is 83.5 Å². The van der Waals surface area contributed by atoms with E-state index in [9.17, 15) is 9.59 Å². The number of furan rings is 1. The molecule has 2 aromatic carbocycles. The van der Waals surface area contributed by atoms with Crippen molar-refractivity contribution in [2.24, 2.45) is 0 Å². The Morgan fingerprint density at radius 1 is 0.944 bits per heavy atom. The Hall–Kier alpha value is -4.17. The van der Waals surface area contributed by atoms with Crippen LogP contribution in [-0.2, 0) is 11.2 Å². The molecule has 5 rings (SSSR count). The molecule has 184 valence electrons. The Kier molecular flexibility index (Phi) is 6.95. The normalized spacial score (nSPS) is 14.1. The number of nitrogens with one attached hydrogen (secondary N) is 1. The van der Waals surface area contributed by atoms with E-state index in [2.05, 4.69) is 22.2 Å². The Morgan fingerprint density at radius 3 is 2.42 bits per heavy atom. The van der Waals surface area contributed by atoms with Gasteiger partial charge in [0.2, 0.25) is 5.91 Å². The molecule has 8 nitrogen and oxygen atoms in total. The number of carbonyl (C=O) groups excluding carboxylic acids is 2. The highest BCUT2D eigenvalue weighted by atomic mass is 16.3. The van der Waals surface area contributed by atoms with Crippen molar-refractivity contribution in [3.05, 3.63) is 90.3 Å². The van der Waals surface area contributed by atoms with Gasteiger partial charge in [0.15, 0.2) is 5.76 Å². The zero-order chi connectivity index (χ0) is 24.9. The molecule has 36 heavy (non-hydrogen) atoms. The molecule has 4 aromatic rings. The van der Waals surface area contributed by atoms with E-state index in [4.69, 9.17) is 4.42 Å². The minimum absolute atomic E-state index is 0.0408. The van der Waals surface area contributed by atoms with Gasteiger partial charge < -0.3 is 14.6 Å². The van der Waals surface area contributed by atoms with E-state index >= 15 is 0 Å². The van der Waals surface area contributed by atoms with E-state index in [0.29, 0.717) is 49.9 Å². The summed E-state index contributed by atoms with van der Waals surface area (Å²) in [6, 6.07) is 22.9. The lowest BCUT2D eigenvalue weighted by Crippen LogP contribution is -2.50.